The van der Waals surface area contributed by atoms with Gasteiger partial charge in [0.2, 0.25) is 11.8 Å². The molecule has 1 aromatic heterocycles. The van der Waals surface area contributed by atoms with E-state index in [1.807, 2.05) is 42.5 Å². The number of amides is 2. The molecule has 0 saturated carbocycles. The molecule has 4 rings (SSSR count). The highest BCUT2D eigenvalue weighted by atomic mass is 16.2. The number of hydrogen-bond acceptors (Lipinski definition) is 3. The molecular formula is C22H24N4O2. The van der Waals surface area contributed by atoms with Gasteiger partial charge >= 0.3 is 0 Å². The molecule has 2 amide bonds. The Bertz CT molecular complexity index is 1020. The van der Waals surface area contributed by atoms with Gasteiger partial charge in [0.05, 0.1) is 11.0 Å². The fraction of sp³-hybridized carbons (Fsp3) is 0.318. The number of imidazole rings is 1. The van der Waals surface area contributed by atoms with Crippen molar-refractivity contribution in [3.05, 3.63) is 54.4 Å². The van der Waals surface area contributed by atoms with Crippen LogP contribution in [0.4, 0.5) is 11.4 Å². The summed E-state index contributed by atoms with van der Waals surface area (Å²) in [5.41, 5.74) is 3.62. The molecule has 6 nitrogen and oxygen atoms in total. The summed E-state index contributed by atoms with van der Waals surface area (Å²) in [6.07, 6.45) is 2.41. The average Bonchev–Trinajstić information content (AvgIpc) is 3.29. The lowest BCUT2D eigenvalue weighted by Gasteiger charge is -2.16. The first-order valence-corrected chi connectivity index (χ1v) is 9.80. The minimum Gasteiger partial charge on any atom is -0.328 e. The number of benzene rings is 2. The summed E-state index contributed by atoms with van der Waals surface area (Å²) >= 11 is 0. The Balaban J connectivity index is 1.42. The first kappa shape index (κ1) is 18.2. The van der Waals surface area contributed by atoms with Crippen LogP contribution < -0.4 is 10.2 Å². The highest BCUT2D eigenvalue weighted by Crippen LogP contribution is 2.24. The van der Waals surface area contributed by atoms with Crippen LogP contribution in [0.3, 0.4) is 0 Å². The van der Waals surface area contributed by atoms with Crippen LogP contribution in [0.15, 0.2) is 48.5 Å². The summed E-state index contributed by atoms with van der Waals surface area (Å²) in [5.74, 6) is 1.01. The molecular weight excluding hydrogens is 352 g/mol. The lowest BCUT2D eigenvalue weighted by Crippen LogP contribution is -2.23. The van der Waals surface area contributed by atoms with Crippen molar-refractivity contribution in [2.75, 3.05) is 16.8 Å². The van der Waals surface area contributed by atoms with Gasteiger partial charge < -0.3 is 14.8 Å². The van der Waals surface area contributed by atoms with E-state index in [4.69, 9.17) is 0 Å². The van der Waals surface area contributed by atoms with Gasteiger partial charge in [-0.1, -0.05) is 18.2 Å². The van der Waals surface area contributed by atoms with Crippen molar-refractivity contribution < 1.29 is 9.59 Å². The van der Waals surface area contributed by atoms with Gasteiger partial charge in [-0.05, 0) is 43.7 Å². The normalized spacial score (nSPS) is 14.0. The van der Waals surface area contributed by atoms with E-state index < -0.39 is 0 Å². The van der Waals surface area contributed by atoms with Gasteiger partial charge in [-0.15, -0.1) is 0 Å². The van der Waals surface area contributed by atoms with Crippen LogP contribution in [-0.2, 0) is 22.6 Å². The molecule has 2 aromatic carbocycles. The molecule has 0 unspecified atom stereocenters. The summed E-state index contributed by atoms with van der Waals surface area (Å²) in [5, 5.41) is 2.95. The summed E-state index contributed by atoms with van der Waals surface area (Å²) in [7, 11) is 0. The van der Waals surface area contributed by atoms with E-state index in [-0.39, 0.29) is 11.8 Å². The van der Waals surface area contributed by atoms with Crippen LogP contribution in [0.1, 0.15) is 32.0 Å². The third-order valence-corrected chi connectivity index (χ3v) is 5.14. The number of hydrogen-bond donors (Lipinski definition) is 1. The fourth-order valence-corrected chi connectivity index (χ4v) is 3.79. The van der Waals surface area contributed by atoms with E-state index in [2.05, 4.69) is 27.9 Å². The Hall–Kier alpha value is -3.15. The zero-order valence-corrected chi connectivity index (χ0v) is 16.0. The molecule has 144 valence electrons. The molecule has 0 radical (unpaired) electrons. The lowest BCUT2D eigenvalue weighted by atomic mass is 10.2. The molecule has 1 aliphatic heterocycles. The predicted molar refractivity (Wildman–Crippen MR) is 110 cm³/mol. The van der Waals surface area contributed by atoms with Gasteiger partial charge in [-0.25, -0.2) is 4.98 Å². The molecule has 1 fully saturated rings. The Morgan fingerprint density at radius 3 is 2.82 bits per heavy atom. The molecule has 28 heavy (non-hydrogen) atoms. The minimum atomic E-state index is -0.0559. The molecule has 0 atom stereocenters. The Morgan fingerprint density at radius 2 is 2.04 bits per heavy atom. The number of para-hydroxylation sites is 2. The van der Waals surface area contributed by atoms with Crippen LogP contribution in [-0.4, -0.2) is 27.9 Å². The number of aromatic nitrogens is 2. The van der Waals surface area contributed by atoms with E-state index in [1.54, 1.807) is 4.90 Å². The van der Waals surface area contributed by atoms with Crippen molar-refractivity contribution in [3.63, 3.8) is 0 Å². The van der Waals surface area contributed by atoms with Crippen LogP contribution in [0.2, 0.25) is 0 Å². The standard InChI is InChI=1S/C22H24N4O2/c1-2-25-19-10-4-3-9-18(19)24-20(25)12-13-21(27)23-16-7-5-8-17(15-16)26-14-6-11-22(26)28/h3-5,7-10,15H,2,6,11-14H2,1H3,(H,23,27). The van der Waals surface area contributed by atoms with Crippen molar-refractivity contribution in [3.8, 4) is 0 Å². The average molecular weight is 376 g/mol. The van der Waals surface area contributed by atoms with E-state index in [1.165, 1.54) is 0 Å². The first-order chi connectivity index (χ1) is 13.7. The molecule has 2 heterocycles. The number of nitrogens with one attached hydrogen (secondary N) is 1. The monoisotopic (exact) mass is 376 g/mol. The van der Waals surface area contributed by atoms with Crippen molar-refractivity contribution >= 4 is 34.2 Å². The van der Waals surface area contributed by atoms with E-state index in [0.29, 0.717) is 24.9 Å². The molecule has 1 saturated heterocycles. The topological polar surface area (TPSA) is 67.2 Å². The molecule has 1 aliphatic rings. The summed E-state index contributed by atoms with van der Waals surface area (Å²) < 4.78 is 2.15. The van der Waals surface area contributed by atoms with Gasteiger partial charge in [0, 0.05) is 43.7 Å². The second kappa shape index (κ2) is 7.84. The highest BCUT2D eigenvalue weighted by molar-refractivity contribution is 5.97. The van der Waals surface area contributed by atoms with Gasteiger partial charge in [0.1, 0.15) is 5.82 Å². The van der Waals surface area contributed by atoms with E-state index in [0.717, 1.165) is 42.1 Å². The lowest BCUT2D eigenvalue weighted by molar-refractivity contribution is -0.117. The van der Waals surface area contributed by atoms with Gasteiger partial charge in [-0.2, -0.15) is 0 Å². The Labute approximate surface area is 164 Å². The maximum absolute atomic E-state index is 12.5. The van der Waals surface area contributed by atoms with Gasteiger partial charge in [-0.3, -0.25) is 9.59 Å². The third-order valence-electron chi connectivity index (χ3n) is 5.14. The maximum atomic E-state index is 12.5. The Morgan fingerprint density at radius 1 is 1.18 bits per heavy atom. The number of rotatable bonds is 6. The molecule has 0 bridgehead atoms. The number of aryl methyl sites for hydroxylation is 2. The number of carbonyl (C=O) groups excluding carboxylic acids is 2. The van der Waals surface area contributed by atoms with E-state index >= 15 is 0 Å². The smallest absolute Gasteiger partial charge is 0.227 e. The maximum Gasteiger partial charge on any atom is 0.227 e. The zero-order chi connectivity index (χ0) is 19.5. The number of fused-ring (bicyclic) bond motifs is 1. The van der Waals surface area contributed by atoms with Crippen molar-refractivity contribution in [1.29, 1.82) is 0 Å². The SMILES string of the molecule is CCn1c(CCC(=O)Nc2cccc(N3CCCC3=O)c2)nc2ccccc21. The summed E-state index contributed by atoms with van der Waals surface area (Å²) in [6.45, 7) is 3.65. The van der Waals surface area contributed by atoms with Crippen LogP contribution in [0.25, 0.3) is 11.0 Å². The summed E-state index contributed by atoms with van der Waals surface area (Å²) in [6, 6.07) is 15.5. The van der Waals surface area contributed by atoms with Crippen molar-refractivity contribution in [2.24, 2.45) is 0 Å². The number of anilines is 2. The van der Waals surface area contributed by atoms with Crippen LogP contribution in [0, 0.1) is 0 Å². The zero-order valence-electron chi connectivity index (χ0n) is 16.0. The quantitative estimate of drug-likeness (QED) is 0.712. The summed E-state index contributed by atoms with van der Waals surface area (Å²) in [4.78, 5) is 30.9. The van der Waals surface area contributed by atoms with Crippen molar-refractivity contribution in [1.82, 2.24) is 9.55 Å². The van der Waals surface area contributed by atoms with Crippen molar-refractivity contribution in [2.45, 2.75) is 39.2 Å². The number of nitrogens with zero attached hydrogens (tertiary/aromatic N) is 3. The fourth-order valence-electron chi connectivity index (χ4n) is 3.79. The first-order valence-electron chi connectivity index (χ1n) is 9.80. The predicted octanol–water partition coefficient (Wildman–Crippen LogP) is 3.75. The number of carbonyl (C=O) groups is 2. The molecule has 3 aromatic rings. The molecule has 0 aliphatic carbocycles. The minimum absolute atomic E-state index is 0.0559. The van der Waals surface area contributed by atoms with Gasteiger partial charge in [0.15, 0.2) is 0 Å². The van der Waals surface area contributed by atoms with Crippen LogP contribution >= 0.6 is 0 Å². The van der Waals surface area contributed by atoms with Crippen LogP contribution in [0.5, 0.6) is 0 Å². The third kappa shape index (κ3) is 3.63. The van der Waals surface area contributed by atoms with Gasteiger partial charge in [0.25, 0.3) is 0 Å². The molecule has 6 heteroatoms. The molecule has 0 spiro atoms. The van der Waals surface area contributed by atoms with E-state index in [9.17, 15) is 9.59 Å². The molecule has 1 N–H and O–H groups in total. The second-order valence-electron chi connectivity index (χ2n) is 7.01. The highest BCUT2D eigenvalue weighted by Gasteiger charge is 2.21. The Kier molecular flexibility index (Phi) is 5.10. The second-order valence-corrected chi connectivity index (χ2v) is 7.01. The largest absolute Gasteiger partial charge is 0.328 e.